The largest absolute Gasteiger partial charge is 0.497 e. The molecule has 2 aromatic carbocycles. The second-order valence-electron chi connectivity index (χ2n) is 9.57. The number of benzene rings is 2. The fraction of sp³-hybridized carbons (Fsp3) is 0.500. The van der Waals surface area contributed by atoms with Crippen LogP contribution in [-0.4, -0.2) is 32.3 Å². The van der Waals surface area contributed by atoms with Crippen LogP contribution >= 0.6 is 23.4 Å². The lowest BCUT2D eigenvalue weighted by Gasteiger charge is -2.38. The molecule has 0 radical (unpaired) electrons. The van der Waals surface area contributed by atoms with Gasteiger partial charge in [-0.2, -0.15) is 0 Å². The first-order valence-electron chi connectivity index (χ1n) is 11.1. The molecule has 1 heterocycles. The van der Waals surface area contributed by atoms with E-state index in [0.29, 0.717) is 18.2 Å². The third kappa shape index (κ3) is 5.44. The maximum Gasteiger partial charge on any atom is 0.232 e. The summed E-state index contributed by atoms with van der Waals surface area (Å²) >= 11 is 8.68. The van der Waals surface area contributed by atoms with Crippen LogP contribution in [0.15, 0.2) is 47.4 Å². The van der Waals surface area contributed by atoms with Gasteiger partial charge in [-0.1, -0.05) is 38.4 Å². The van der Waals surface area contributed by atoms with Crippen LogP contribution in [0.5, 0.6) is 5.75 Å². The van der Waals surface area contributed by atoms with E-state index in [1.54, 1.807) is 7.11 Å². The minimum atomic E-state index is -0.488. The lowest BCUT2D eigenvalue weighted by molar-refractivity contribution is -0.126. The fourth-order valence-electron chi connectivity index (χ4n) is 3.99. The predicted molar refractivity (Wildman–Crippen MR) is 134 cm³/mol. The van der Waals surface area contributed by atoms with Crippen LogP contribution in [0.25, 0.3) is 0 Å². The van der Waals surface area contributed by atoms with Gasteiger partial charge in [0.2, 0.25) is 5.91 Å². The van der Waals surface area contributed by atoms with Gasteiger partial charge in [-0.3, -0.25) is 4.79 Å². The average molecular weight is 476 g/mol. The van der Waals surface area contributed by atoms with E-state index in [1.165, 1.54) is 10.5 Å². The molecule has 1 saturated heterocycles. The van der Waals surface area contributed by atoms with Crippen molar-refractivity contribution in [1.29, 1.82) is 0 Å². The van der Waals surface area contributed by atoms with Gasteiger partial charge in [0.25, 0.3) is 0 Å². The molecule has 2 aromatic rings. The number of halogens is 1. The topological polar surface area (TPSA) is 38.8 Å². The first kappa shape index (κ1) is 24.9. The highest BCUT2D eigenvalue weighted by Gasteiger charge is 2.37. The van der Waals surface area contributed by atoms with Crippen molar-refractivity contribution in [1.82, 2.24) is 0 Å². The molecule has 0 atom stereocenters. The maximum absolute atomic E-state index is 13.1. The molecule has 32 heavy (non-hydrogen) atoms. The molecule has 0 saturated carbocycles. The number of anilines is 1. The number of ether oxygens (including phenoxy) is 2. The van der Waals surface area contributed by atoms with Crippen LogP contribution in [0.3, 0.4) is 0 Å². The third-order valence-corrected chi connectivity index (χ3v) is 7.63. The van der Waals surface area contributed by atoms with E-state index in [2.05, 4.69) is 18.2 Å². The molecular weight excluding hydrogens is 442 g/mol. The second kappa shape index (κ2) is 10.1. The third-order valence-electron chi connectivity index (χ3n) is 5.78. The number of thioether (sulfide) groups is 1. The minimum Gasteiger partial charge on any atom is -0.497 e. The number of rotatable bonds is 6. The van der Waals surface area contributed by atoms with Crippen LogP contribution in [0.4, 0.5) is 5.69 Å². The van der Waals surface area contributed by atoms with E-state index < -0.39 is 5.41 Å². The molecule has 1 fully saturated rings. The van der Waals surface area contributed by atoms with Crippen LogP contribution in [0.1, 0.15) is 53.0 Å². The molecule has 174 valence electrons. The summed E-state index contributed by atoms with van der Waals surface area (Å²) in [7, 11) is 1.68. The summed E-state index contributed by atoms with van der Waals surface area (Å²) in [4.78, 5) is 16.1. The minimum absolute atomic E-state index is 0.00999. The van der Waals surface area contributed by atoms with Gasteiger partial charge in [0.05, 0.1) is 17.8 Å². The molecule has 0 aliphatic carbocycles. The van der Waals surface area contributed by atoms with Gasteiger partial charge < -0.3 is 14.4 Å². The number of hydrogen-bond donors (Lipinski definition) is 0. The van der Waals surface area contributed by atoms with Crippen LogP contribution in [0, 0.1) is 5.41 Å². The van der Waals surface area contributed by atoms with Gasteiger partial charge in [-0.05, 0) is 68.7 Å². The van der Waals surface area contributed by atoms with Crippen molar-refractivity contribution in [2.45, 2.75) is 63.1 Å². The molecule has 4 nitrogen and oxygen atoms in total. The lowest BCUT2D eigenvalue weighted by atomic mass is 9.89. The number of carbonyl (C=O) groups excluding carboxylic acids is 1. The summed E-state index contributed by atoms with van der Waals surface area (Å²) in [6.45, 7) is 11.3. The molecule has 1 aliphatic heterocycles. The first-order valence-corrected chi connectivity index (χ1v) is 12.3. The molecule has 0 N–H and O–H groups in total. The summed E-state index contributed by atoms with van der Waals surface area (Å²) in [5.74, 6) is 0.913. The quantitative estimate of drug-likeness (QED) is 0.453. The van der Waals surface area contributed by atoms with E-state index >= 15 is 0 Å². The Morgan fingerprint density at radius 3 is 2.25 bits per heavy atom. The van der Waals surface area contributed by atoms with Gasteiger partial charge in [0.1, 0.15) is 5.75 Å². The van der Waals surface area contributed by atoms with Crippen molar-refractivity contribution in [2.75, 3.05) is 25.2 Å². The zero-order valence-electron chi connectivity index (χ0n) is 19.9. The van der Waals surface area contributed by atoms with E-state index in [0.717, 1.165) is 24.3 Å². The number of methoxy groups -OCH3 is 1. The van der Waals surface area contributed by atoms with Crippen molar-refractivity contribution in [3.05, 3.63) is 53.1 Å². The van der Waals surface area contributed by atoms with Crippen molar-refractivity contribution in [3.8, 4) is 5.75 Å². The van der Waals surface area contributed by atoms with E-state index in [-0.39, 0.29) is 16.7 Å². The maximum atomic E-state index is 13.1. The molecule has 0 bridgehead atoms. The zero-order chi connectivity index (χ0) is 23.5. The van der Waals surface area contributed by atoms with Crippen molar-refractivity contribution >= 4 is 35.0 Å². The van der Waals surface area contributed by atoms with Crippen LogP contribution < -0.4 is 9.64 Å². The summed E-state index contributed by atoms with van der Waals surface area (Å²) in [5, 5.41) is 0.606. The highest BCUT2D eigenvalue weighted by Crippen LogP contribution is 2.50. The fourth-order valence-corrected chi connectivity index (χ4v) is 5.60. The number of carbonyl (C=O) groups is 1. The van der Waals surface area contributed by atoms with Gasteiger partial charge in [-0.15, -0.1) is 11.8 Å². The van der Waals surface area contributed by atoms with Crippen LogP contribution in [-0.2, 0) is 14.3 Å². The van der Waals surface area contributed by atoms with Crippen molar-refractivity contribution in [3.63, 3.8) is 0 Å². The SMILES string of the molecule is COc1ccc(SC2(c3ccc(N(C(=O)C(C)(C)C)C(C)C)c(Cl)c3)CCOCC2)cc1. The van der Waals surface area contributed by atoms with Gasteiger partial charge in [-0.25, -0.2) is 0 Å². The Morgan fingerprint density at radius 2 is 1.75 bits per heavy atom. The Hall–Kier alpha value is -1.69. The molecule has 6 heteroatoms. The van der Waals surface area contributed by atoms with E-state index in [4.69, 9.17) is 21.1 Å². The Bertz CT molecular complexity index is 931. The monoisotopic (exact) mass is 475 g/mol. The summed E-state index contributed by atoms with van der Waals surface area (Å²) < 4.78 is 10.9. The predicted octanol–water partition coefficient (Wildman–Crippen LogP) is 6.93. The highest BCUT2D eigenvalue weighted by molar-refractivity contribution is 8.00. The Labute approximate surface area is 201 Å². The highest BCUT2D eigenvalue weighted by atomic mass is 35.5. The van der Waals surface area contributed by atoms with E-state index in [9.17, 15) is 4.79 Å². The Balaban J connectivity index is 1.98. The van der Waals surface area contributed by atoms with E-state index in [1.807, 2.05) is 75.5 Å². The summed E-state index contributed by atoms with van der Waals surface area (Å²) in [5.41, 5.74) is 1.45. The second-order valence-corrected chi connectivity index (χ2v) is 11.4. The Kier molecular flexibility index (Phi) is 7.85. The molecule has 1 amide bonds. The number of hydrogen-bond acceptors (Lipinski definition) is 4. The molecule has 3 rings (SSSR count). The van der Waals surface area contributed by atoms with Gasteiger partial charge >= 0.3 is 0 Å². The summed E-state index contributed by atoms with van der Waals surface area (Å²) in [6.07, 6.45) is 1.79. The standard InChI is InChI=1S/C26H34ClNO3S/c1-18(2)28(24(29)25(3,4)5)23-12-7-19(17-22(23)27)26(13-15-31-16-14-26)32-21-10-8-20(30-6)9-11-21/h7-12,17-18H,13-16H2,1-6H3. The number of nitrogens with zero attached hydrogens (tertiary/aromatic N) is 1. The average Bonchev–Trinajstić information content (AvgIpc) is 2.75. The molecule has 1 aliphatic rings. The molecule has 0 aromatic heterocycles. The molecule has 0 unspecified atom stereocenters. The summed E-state index contributed by atoms with van der Waals surface area (Å²) in [6, 6.07) is 14.4. The smallest absolute Gasteiger partial charge is 0.232 e. The molecular formula is C26H34ClNO3S. The number of amides is 1. The lowest BCUT2D eigenvalue weighted by Crippen LogP contribution is -2.44. The molecule has 0 spiro atoms. The van der Waals surface area contributed by atoms with Crippen molar-refractivity contribution < 1.29 is 14.3 Å². The van der Waals surface area contributed by atoms with Crippen molar-refractivity contribution in [2.24, 2.45) is 5.41 Å². The Morgan fingerprint density at radius 1 is 1.12 bits per heavy atom. The zero-order valence-corrected chi connectivity index (χ0v) is 21.5. The first-order chi connectivity index (χ1) is 15.1. The van der Waals surface area contributed by atoms with Crippen LogP contribution in [0.2, 0.25) is 5.02 Å². The normalized spacial score (nSPS) is 16.1. The van der Waals surface area contributed by atoms with Gasteiger partial charge in [0, 0.05) is 34.3 Å². The van der Waals surface area contributed by atoms with Gasteiger partial charge in [0.15, 0.2) is 0 Å².